The Labute approximate surface area is 127 Å². The van der Waals surface area contributed by atoms with Crippen LogP contribution < -0.4 is 20.1 Å². The molecular formula is C16H26N2O3. The van der Waals surface area contributed by atoms with E-state index in [2.05, 4.69) is 10.6 Å². The van der Waals surface area contributed by atoms with E-state index < -0.39 is 0 Å². The maximum Gasteiger partial charge on any atom is 0.223 e. The molecule has 0 atom stereocenters. The predicted molar refractivity (Wildman–Crippen MR) is 83.8 cm³/mol. The van der Waals surface area contributed by atoms with Crippen LogP contribution in [0, 0.1) is 0 Å². The number of carbonyl (C=O) groups excluding carboxylic acids is 1. The van der Waals surface area contributed by atoms with E-state index in [0.717, 1.165) is 11.3 Å². The van der Waals surface area contributed by atoms with Crippen LogP contribution in [0.5, 0.6) is 11.5 Å². The lowest BCUT2D eigenvalue weighted by Crippen LogP contribution is -2.31. The van der Waals surface area contributed by atoms with Crippen molar-refractivity contribution in [2.75, 3.05) is 20.3 Å². The number of hydrogen-bond donors (Lipinski definition) is 2. The first-order valence-electron chi connectivity index (χ1n) is 7.39. The highest BCUT2D eigenvalue weighted by atomic mass is 16.5. The van der Waals surface area contributed by atoms with Gasteiger partial charge in [0, 0.05) is 18.2 Å². The molecule has 0 aliphatic rings. The average molecular weight is 294 g/mol. The normalized spacial score (nSPS) is 10.5. The van der Waals surface area contributed by atoms with Gasteiger partial charge >= 0.3 is 0 Å². The lowest BCUT2D eigenvalue weighted by molar-refractivity contribution is -0.122. The Balaban J connectivity index is 2.68. The molecule has 0 bridgehead atoms. The first-order chi connectivity index (χ1) is 10.1. The second-order valence-electron chi connectivity index (χ2n) is 5.03. The van der Waals surface area contributed by atoms with Crippen LogP contribution in [0.4, 0.5) is 0 Å². The molecule has 0 spiro atoms. The highest BCUT2D eigenvalue weighted by Gasteiger charge is 2.11. The van der Waals surface area contributed by atoms with Crippen LogP contribution in [0.25, 0.3) is 0 Å². The Morgan fingerprint density at radius 1 is 1.29 bits per heavy atom. The van der Waals surface area contributed by atoms with Crippen molar-refractivity contribution in [1.82, 2.24) is 10.6 Å². The van der Waals surface area contributed by atoms with Crippen molar-refractivity contribution in [2.24, 2.45) is 0 Å². The summed E-state index contributed by atoms with van der Waals surface area (Å²) in [5.74, 6) is 1.43. The van der Waals surface area contributed by atoms with Crippen molar-refractivity contribution >= 4 is 5.91 Å². The van der Waals surface area contributed by atoms with E-state index in [-0.39, 0.29) is 11.9 Å². The van der Waals surface area contributed by atoms with Gasteiger partial charge in [0.05, 0.1) is 19.6 Å². The fourth-order valence-electron chi connectivity index (χ4n) is 1.96. The Bertz CT molecular complexity index is 423. The number of para-hydroxylation sites is 1. The van der Waals surface area contributed by atoms with Crippen molar-refractivity contribution in [2.45, 2.75) is 39.8 Å². The quantitative estimate of drug-likeness (QED) is 0.732. The SMILES string of the molecule is CCOc1cccc(CNC)c1OCCC(=O)NC(C)C. The van der Waals surface area contributed by atoms with Crippen LogP contribution in [0.3, 0.4) is 0 Å². The smallest absolute Gasteiger partial charge is 0.223 e. The molecular weight excluding hydrogens is 268 g/mol. The van der Waals surface area contributed by atoms with Crippen LogP contribution >= 0.6 is 0 Å². The Morgan fingerprint density at radius 3 is 2.67 bits per heavy atom. The number of nitrogens with one attached hydrogen (secondary N) is 2. The van der Waals surface area contributed by atoms with Gasteiger partial charge in [0.1, 0.15) is 0 Å². The van der Waals surface area contributed by atoms with E-state index in [1.807, 2.05) is 46.0 Å². The molecule has 0 fully saturated rings. The summed E-state index contributed by atoms with van der Waals surface area (Å²) in [6, 6.07) is 5.96. The second kappa shape index (κ2) is 9.23. The highest BCUT2D eigenvalue weighted by molar-refractivity contribution is 5.76. The maximum absolute atomic E-state index is 11.6. The largest absolute Gasteiger partial charge is 0.490 e. The summed E-state index contributed by atoms with van der Waals surface area (Å²) in [7, 11) is 1.88. The van der Waals surface area contributed by atoms with E-state index in [1.54, 1.807) is 0 Å². The summed E-state index contributed by atoms with van der Waals surface area (Å²) in [5.41, 5.74) is 1.02. The first kappa shape index (κ1) is 17.3. The third-order valence-electron chi connectivity index (χ3n) is 2.75. The molecule has 2 N–H and O–H groups in total. The van der Waals surface area contributed by atoms with Gasteiger partial charge in [-0.2, -0.15) is 0 Å². The third-order valence-corrected chi connectivity index (χ3v) is 2.75. The molecule has 0 radical (unpaired) electrons. The van der Waals surface area contributed by atoms with Gasteiger partial charge in [-0.3, -0.25) is 4.79 Å². The molecule has 1 amide bonds. The Kier molecular flexibility index (Phi) is 7.61. The van der Waals surface area contributed by atoms with Gasteiger partial charge in [0.25, 0.3) is 0 Å². The van der Waals surface area contributed by atoms with Gasteiger partial charge in [-0.15, -0.1) is 0 Å². The average Bonchev–Trinajstić information content (AvgIpc) is 2.41. The summed E-state index contributed by atoms with van der Waals surface area (Å²) in [4.78, 5) is 11.6. The molecule has 0 aliphatic heterocycles. The zero-order valence-corrected chi connectivity index (χ0v) is 13.4. The van der Waals surface area contributed by atoms with Crippen LogP contribution in [0.1, 0.15) is 32.8 Å². The van der Waals surface area contributed by atoms with E-state index in [4.69, 9.17) is 9.47 Å². The summed E-state index contributed by atoms with van der Waals surface area (Å²) < 4.78 is 11.4. The van der Waals surface area contributed by atoms with E-state index in [1.165, 1.54) is 0 Å². The van der Waals surface area contributed by atoms with Crippen molar-refractivity contribution in [3.63, 3.8) is 0 Å². The van der Waals surface area contributed by atoms with Gasteiger partial charge in [-0.05, 0) is 33.9 Å². The number of carbonyl (C=O) groups is 1. The molecule has 0 aromatic heterocycles. The summed E-state index contributed by atoms with van der Waals surface area (Å²) in [6.07, 6.45) is 0.331. The second-order valence-corrected chi connectivity index (χ2v) is 5.03. The molecule has 5 heteroatoms. The Morgan fingerprint density at radius 2 is 2.05 bits per heavy atom. The van der Waals surface area contributed by atoms with Gasteiger partial charge < -0.3 is 20.1 Å². The van der Waals surface area contributed by atoms with Crippen molar-refractivity contribution < 1.29 is 14.3 Å². The molecule has 0 heterocycles. The van der Waals surface area contributed by atoms with E-state index in [0.29, 0.717) is 31.9 Å². The molecule has 0 saturated carbocycles. The summed E-state index contributed by atoms with van der Waals surface area (Å²) >= 11 is 0. The zero-order chi connectivity index (χ0) is 15.7. The molecule has 1 aromatic rings. The fraction of sp³-hybridized carbons (Fsp3) is 0.562. The molecule has 118 valence electrons. The molecule has 21 heavy (non-hydrogen) atoms. The fourth-order valence-corrected chi connectivity index (χ4v) is 1.96. The van der Waals surface area contributed by atoms with Gasteiger partial charge in [0.2, 0.25) is 5.91 Å². The van der Waals surface area contributed by atoms with Gasteiger partial charge in [-0.25, -0.2) is 0 Å². The number of amides is 1. The topological polar surface area (TPSA) is 59.6 Å². The van der Waals surface area contributed by atoms with Gasteiger partial charge in [-0.1, -0.05) is 12.1 Å². The minimum absolute atomic E-state index is 0.00550. The monoisotopic (exact) mass is 294 g/mol. The molecule has 1 rings (SSSR count). The lowest BCUT2D eigenvalue weighted by Gasteiger charge is -2.16. The van der Waals surface area contributed by atoms with Gasteiger partial charge in [0.15, 0.2) is 11.5 Å². The number of ether oxygens (including phenoxy) is 2. The maximum atomic E-state index is 11.6. The number of benzene rings is 1. The Hall–Kier alpha value is -1.75. The summed E-state index contributed by atoms with van der Waals surface area (Å²) in [5, 5.41) is 5.95. The molecule has 0 aliphatic carbocycles. The first-order valence-corrected chi connectivity index (χ1v) is 7.39. The standard InChI is InChI=1S/C16H26N2O3/c1-5-20-14-8-6-7-13(11-17-4)16(14)21-10-9-15(19)18-12(2)3/h6-8,12,17H,5,9-11H2,1-4H3,(H,18,19). The van der Waals surface area contributed by atoms with Crippen LogP contribution in [0.15, 0.2) is 18.2 Å². The number of rotatable bonds is 9. The van der Waals surface area contributed by atoms with E-state index in [9.17, 15) is 4.79 Å². The zero-order valence-electron chi connectivity index (χ0n) is 13.4. The highest BCUT2D eigenvalue weighted by Crippen LogP contribution is 2.31. The van der Waals surface area contributed by atoms with E-state index >= 15 is 0 Å². The van der Waals surface area contributed by atoms with Crippen LogP contribution in [-0.2, 0) is 11.3 Å². The van der Waals surface area contributed by atoms with Crippen LogP contribution in [0.2, 0.25) is 0 Å². The predicted octanol–water partition coefficient (Wildman–Crippen LogP) is 2.10. The minimum Gasteiger partial charge on any atom is -0.490 e. The lowest BCUT2D eigenvalue weighted by atomic mass is 10.2. The minimum atomic E-state index is -0.00550. The van der Waals surface area contributed by atoms with Crippen LogP contribution in [-0.4, -0.2) is 32.2 Å². The molecule has 0 unspecified atom stereocenters. The molecule has 5 nitrogen and oxygen atoms in total. The molecule has 1 aromatic carbocycles. The van der Waals surface area contributed by atoms with Crippen molar-refractivity contribution in [1.29, 1.82) is 0 Å². The van der Waals surface area contributed by atoms with Crippen molar-refractivity contribution in [3.8, 4) is 11.5 Å². The number of hydrogen-bond acceptors (Lipinski definition) is 4. The van der Waals surface area contributed by atoms with Crippen molar-refractivity contribution in [3.05, 3.63) is 23.8 Å². The third kappa shape index (κ3) is 6.04. The summed E-state index contributed by atoms with van der Waals surface area (Å²) in [6.45, 7) is 7.41. The molecule has 0 saturated heterocycles.